The first-order chi connectivity index (χ1) is 6.01. The molecule has 0 aromatic heterocycles. The van der Waals surface area contributed by atoms with Gasteiger partial charge in [-0.1, -0.05) is 27.7 Å². The molecule has 1 aliphatic heterocycles. The average molecular weight is 180 g/mol. The quantitative estimate of drug-likeness (QED) is 0.587. The van der Waals surface area contributed by atoms with E-state index < -0.39 is 0 Å². The van der Waals surface area contributed by atoms with E-state index in [0.29, 0.717) is 5.41 Å². The molecular weight excluding hydrogens is 158 g/mol. The molecule has 0 spiro atoms. The second-order valence-electron chi connectivity index (χ2n) is 5.15. The summed E-state index contributed by atoms with van der Waals surface area (Å²) in [5.74, 6) is 0. The number of nitrogens with zero attached hydrogens (tertiary/aromatic N) is 1. The molecule has 13 heavy (non-hydrogen) atoms. The zero-order chi connectivity index (χ0) is 9.90. The first-order valence-electron chi connectivity index (χ1n) is 5.30. The topological polar surface area (TPSA) is 3.01 Å². The summed E-state index contributed by atoms with van der Waals surface area (Å²) >= 11 is 0. The van der Waals surface area contributed by atoms with E-state index in [1.165, 1.54) is 19.4 Å². The predicted molar refractivity (Wildman–Crippen MR) is 58.3 cm³/mol. The molecule has 0 atom stereocenters. The van der Waals surface area contributed by atoms with E-state index in [9.17, 15) is 0 Å². The number of rotatable bonds is 3. The summed E-state index contributed by atoms with van der Waals surface area (Å²) < 4.78 is 2.33. The van der Waals surface area contributed by atoms with Gasteiger partial charge in [0.05, 0.1) is 6.42 Å². The highest BCUT2D eigenvalue weighted by molar-refractivity contribution is 5.58. The molecule has 0 aromatic carbocycles. The lowest BCUT2D eigenvalue weighted by Crippen LogP contribution is -2.06. The molecule has 1 rings (SSSR count). The molecule has 0 bridgehead atoms. The van der Waals surface area contributed by atoms with Gasteiger partial charge in [-0.15, -0.1) is 0 Å². The second-order valence-corrected chi connectivity index (χ2v) is 5.15. The Morgan fingerprint density at radius 3 is 2.62 bits per heavy atom. The third kappa shape index (κ3) is 3.75. The van der Waals surface area contributed by atoms with Crippen LogP contribution in [0, 0.1) is 5.41 Å². The van der Waals surface area contributed by atoms with Gasteiger partial charge in [-0.25, -0.2) is 4.58 Å². The molecule has 0 radical (unpaired) electrons. The minimum atomic E-state index is 0.432. The zero-order valence-corrected chi connectivity index (χ0v) is 9.43. The summed E-state index contributed by atoms with van der Waals surface area (Å²) in [5.41, 5.74) is 2.02. The van der Waals surface area contributed by atoms with Crippen molar-refractivity contribution in [3.63, 3.8) is 0 Å². The Balaban J connectivity index is 2.45. The molecule has 0 unspecified atom stereocenters. The number of hydrogen-bond acceptors (Lipinski definition) is 0. The molecule has 0 N–H and O–H groups in total. The summed E-state index contributed by atoms with van der Waals surface area (Å²) in [6.07, 6.45) is 8.26. The third-order valence-corrected chi connectivity index (χ3v) is 2.18. The molecule has 74 valence electrons. The van der Waals surface area contributed by atoms with Crippen LogP contribution in [-0.4, -0.2) is 17.3 Å². The van der Waals surface area contributed by atoms with Gasteiger partial charge in [-0.05, 0) is 11.8 Å². The van der Waals surface area contributed by atoms with Crippen LogP contribution in [0.25, 0.3) is 0 Å². The number of allylic oxidation sites excluding steroid dienone is 1. The molecule has 0 amide bonds. The Hall–Kier alpha value is -0.590. The Bertz CT molecular complexity index is 228. The first-order valence-corrected chi connectivity index (χ1v) is 5.30. The molecule has 1 heterocycles. The van der Waals surface area contributed by atoms with Crippen LogP contribution in [0.3, 0.4) is 0 Å². The predicted octanol–water partition coefficient (Wildman–Crippen LogP) is 3.20. The molecule has 1 heteroatoms. The van der Waals surface area contributed by atoms with E-state index in [0.717, 1.165) is 6.42 Å². The Kier molecular flexibility index (Phi) is 3.29. The lowest BCUT2D eigenvalue weighted by atomic mass is 9.88. The van der Waals surface area contributed by atoms with Crippen molar-refractivity contribution in [1.82, 2.24) is 0 Å². The summed E-state index contributed by atoms with van der Waals surface area (Å²) in [6, 6.07) is 0. The van der Waals surface area contributed by atoms with Crippen LogP contribution >= 0.6 is 0 Å². The highest BCUT2D eigenvalue weighted by Gasteiger charge is 2.19. The minimum Gasteiger partial charge on any atom is -0.209 e. The van der Waals surface area contributed by atoms with Crippen molar-refractivity contribution in [2.75, 3.05) is 6.54 Å². The van der Waals surface area contributed by atoms with Crippen LogP contribution in [-0.2, 0) is 0 Å². The lowest BCUT2D eigenvalue weighted by Gasteiger charge is -2.16. The zero-order valence-electron chi connectivity index (χ0n) is 9.43. The summed E-state index contributed by atoms with van der Waals surface area (Å²) in [7, 11) is 0. The van der Waals surface area contributed by atoms with Crippen molar-refractivity contribution in [2.45, 2.75) is 47.0 Å². The van der Waals surface area contributed by atoms with Gasteiger partial charge in [0.25, 0.3) is 0 Å². The maximum Gasteiger partial charge on any atom is 0.168 e. The fourth-order valence-electron chi connectivity index (χ4n) is 1.79. The monoisotopic (exact) mass is 180 g/mol. The van der Waals surface area contributed by atoms with E-state index in [4.69, 9.17) is 0 Å². The highest BCUT2D eigenvalue weighted by atomic mass is 15.0. The normalized spacial score (nSPS) is 17.2. The van der Waals surface area contributed by atoms with Crippen molar-refractivity contribution < 1.29 is 4.58 Å². The van der Waals surface area contributed by atoms with Gasteiger partial charge in [-0.3, -0.25) is 0 Å². The van der Waals surface area contributed by atoms with Gasteiger partial charge in [0.2, 0.25) is 0 Å². The van der Waals surface area contributed by atoms with Crippen molar-refractivity contribution in [3.8, 4) is 0 Å². The van der Waals surface area contributed by atoms with Gasteiger partial charge < -0.3 is 0 Å². The molecule has 0 aliphatic carbocycles. The number of hydrogen-bond donors (Lipinski definition) is 0. The Morgan fingerprint density at radius 2 is 2.08 bits per heavy atom. The standard InChI is InChI=1S/C12H22N/c1-5-7-13-8-6-11(10-13)9-12(2,3)4/h8,10H,5-7,9H2,1-4H3/q+1. The third-order valence-electron chi connectivity index (χ3n) is 2.18. The molecule has 1 nitrogen and oxygen atoms in total. The van der Waals surface area contributed by atoms with E-state index in [1.807, 2.05) is 0 Å². The maximum atomic E-state index is 2.33. The fourth-order valence-corrected chi connectivity index (χ4v) is 1.79. The van der Waals surface area contributed by atoms with Gasteiger partial charge >= 0.3 is 0 Å². The van der Waals surface area contributed by atoms with E-state index in [-0.39, 0.29) is 0 Å². The molecule has 0 saturated heterocycles. The largest absolute Gasteiger partial charge is 0.209 e. The van der Waals surface area contributed by atoms with Crippen LogP contribution in [0.5, 0.6) is 0 Å². The minimum absolute atomic E-state index is 0.432. The van der Waals surface area contributed by atoms with Crippen LogP contribution in [0.2, 0.25) is 0 Å². The molecular formula is C12H22N+. The second kappa shape index (κ2) is 4.08. The molecule has 0 saturated carbocycles. The average Bonchev–Trinajstić information content (AvgIpc) is 2.33. The molecule has 0 fully saturated rings. The summed E-state index contributed by atoms with van der Waals surface area (Å²) in [6.45, 7) is 10.3. The smallest absolute Gasteiger partial charge is 0.168 e. The SMILES string of the molecule is CCC[N+]1=CCC(CC(C)(C)C)=C1. The lowest BCUT2D eigenvalue weighted by molar-refractivity contribution is -0.449. The van der Waals surface area contributed by atoms with Gasteiger partial charge in [0.15, 0.2) is 6.20 Å². The van der Waals surface area contributed by atoms with E-state index in [2.05, 4.69) is 44.7 Å². The van der Waals surface area contributed by atoms with Gasteiger partial charge in [0, 0.05) is 12.0 Å². The first kappa shape index (κ1) is 10.5. The van der Waals surface area contributed by atoms with Crippen molar-refractivity contribution in [1.29, 1.82) is 0 Å². The van der Waals surface area contributed by atoms with Gasteiger partial charge in [-0.2, -0.15) is 0 Å². The maximum absolute atomic E-state index is 2.33. The molecule has 0 aromatic rings. The Morgan fingerprint density at radius 1 is 1.38 bits per heavy atom. The summed E-state index contributed by atoms with van der Waals surface area (Å²) in [4.78, 5) is 0. The Labute approximate surface area is 82.2 Å². The van der Waals surface area contributed by atoms with Crippen molar-refractivity contribution in [3.05, 3.63) is 11.8 Å². The van der Waals surface area contributed by atoms with Crippen molar-refractivity contribution in [2.24, 2.45) is 5.41 Å². The van der Waals surface area contributed by atoms with Gasteiger partial charge in [0.1, 0.15) is 12.8 Å². The van der Waals surface area contributed by atoms with Crippen LogP contribution in [0.4, 0.5) is 0 Å². The van der Waals surface area contributed by atoms with Crippen molar-refractivity contribution >= 4 is 6.21 Å². The fraction of sp³-hybridized carbons (Fsp3) is 0.750. The summed E-state index contributed by atoms with van der Waals surface area (Å²) in [5, 5.41) is 0. The van der Waals surface area contributed by atoms with Crippen LogP contribution in [0.15, 0.2) is 11.8 Å². The highest BCUT2D eigenvalue weighted by Crippen LogP contribution is 2.26. The molecule has 1 aliphatic rings. The van der Waals surface area contributed by atoms with Crippen LogP contribution < -0.4 is 0 Å². The van der Waals surface area contributed by atoms with E-state index in [1.54, 1.807) is 5.57 Å². The van der Waals surface area contributed by atoms with Crippen LogP contribution in [0.1, 0.15) is 47.0 Å². The van der Waals surface area contributed by atoms with E-state index >= 15 is 0 Å².